The summed E-state index contributed by atoms with van der Waals surface area (Å²) in [6.45, 7) is 4.80. The summed E-state index contributed by atoms with van der Waals surface area (Å²) in [5.41, 5.74) is 0. The highest BCUT2D eigenvalue weighted by atomic mass is 32.1. The third-order valence-corrected chi connectivity index (χ3v) is 3.64. The maximum Gasteiger partial charge on any atom is 0.219 e. The second-order valence-electron chi connectivity index (χ2n) is 4.28. The van der Waals surface area contributed by atoms with E-state index in [0.717, 1.165) is 18.1 Å². The molecule has 0 aliphatic carbocycles. The van der Waals surface area contributed by atoms with Crippen LogP contribution in [0.15, 0.2) is 11.6 Å². The molecule has 0 spiro atoms. The van der Waals surface area contributed by atoms with E-state index in [-0.39, 0.29) is 5.91 Å². The molecule has 0 saturated carbocycles. The van der Waals surface area contributed by atoms with E-state index in [1.165, 1.54) is 0 Å². The zero-order valence-electron chi connectivity index (χ0n) is 9.87. The lowest BCUT2D eigenvalue weighted by Gasteiger charge is -2.19. The number of hydrogen-bond acceptors (Lipinski definition) is 5. The molecule has 2 rings (SSSR count). The first kappa shape index (κ1) is 12.5. The van der Waals surface area contributed by atoms with Gasteiger partial charge in [0.1, 0.15) is 5.01 Å². The predicted molar refractivity (Wildman–Crippen MR) is 65.7 cm³/mol. The molecule has 1 aromatic heterocycles. The van der Waals surface area contributed by atoms with Crippen molar-refractivity contribution in [1.82, 2.24) is 14.8 Å². The van der Waals surface area contributed by atoms with Crippen LogP contribution in [0.3, 0.4) is 0 Å². The fourth-order valence-corrected chi connectivity index (χ4v) is 2.66. The number of β-amino-alcohol motifs (C(OH)–C–C–N with tert-alkyl or cyclic N) is 1. The number of carbonyl (C=O) groups excluding carboxylic acids is 1. The summed E-state index contributed by atoms with van der Waals surface area (Å²) in [5, 5.41) is 12.9. The number of aromatic nitrogens is 1. The van der Waals surface area contributed by atoms with Gasteiger partial charge in [-0.05, 0) is 0 Å². The first-order valence-electron chi connectivity index (χ1n) is 5.69. The van der Waals surface area contributed by atoms with Gasteiger partial charge in [-0.1, -0.05) is 0 Å². The fraction of sp³-hybridized carbons (Fsp3) is 0.636. The average molecular weight is 255 g/mol. The van der Waals surface area contributed by atoms with E-state index in [0.29, 0.717) is 19.6 Å². The maximum atomic E-state index is 11.3. The zero-order valence-corrected chi connectivity index (χ0v) is 10.7. The number of hydrogen-bond donors (Lipinski definition) is 1. The number of nitrogens with zero attached hydrogens (tertiary/aromatic N) is 3. The Morgan fingerprint density at radius 3 is 3.06 bits per heavy atom. The van der Waals surface area contributed by atoms with Gasteiger partial charge in [0, 0.05) is 44.7 Å². The molecule has 5 nitrogen and oxygen atoms in total. The van der Waals surface area contributed by atoms with Crippen LogP contribution in [0.2, 0.25) is 0 Å². The van der Waals surface area contributed by atoms with E-state index in [1.54, 1.807) is 29.4 Å². The van der Waals surface area contributed by atoms with Crippen molar-refractivity contribution in [2.24, 2.45) is 0 Å². The molecular formula is C11H17N3O2S. The van der Waals surface area contributed by atoms with Gasteiger partial charge in [0.15, 0.2) is 0 Å². The van der Waals surface area contributed by atoms with E-state index in [1.807, 2.05) is 5.38 Å². The highest BCUT2D eigenvalue weighted by Gasteiger charge is 2.22. The van der Waals surface area contributed by atoms with E-state index in [4.69, 9.17) is 0 Å². The molecule has 1 aliphatic rings. The van der Waals surface area contributed by atoms with E-state index < -0.39 is 6.10 Å². The second kappa shape index (κ2) is 5.57. The van der Waals surface area contributed by atoms with Gasteiger partial charge in [-0.3, -0.25) is 9.69 Å². The first-order valence-corrected chi connectivity index (χ1v) is 6.57. The van der Waals surface area contributed by atoms with Crippen molar-refractivity contribution in [2.45, 2.75) is 19.6 Å². The van der Waals surface area contributed by atoms with Gasteiger partial charge >= 0.3 is 0 Å². The number of rotatable bonds is 2. The lowest BCUT2D eigenvalue weighted by atomic mass is 10.3. The Bertz CT molecular complexity index is 369. The van der Waals surface area contributed by atoms with Crippen molar-refractivity contribution in [1.29, 1.82) is 0 Å². The Kier molecular flexibility index (Phi) is 4.09. The second-order valence-corrected chi connectivity index (χ2v) is 5.26. The molecule has 17 heavy (non-hydrogen) atoms. The van der Waals surface area contributed by atoms with E-state index in [2.05, 4.69) is 9.88 Å². The van der Waals surface area contributed by atoms with Crippen molar-refractivity contribution in [3.8, 4) is 0 Å². The molecular weight excluding hydrogens is 238 g/mol. The summed E-state index contributed by atoms with van der Waals surface area (Å²) < 4.78 is 0. The first-order chi connectivity index (χ1) is 8.15. The third kappa shape index (κ3) is 3.49. The highest BCUT2D eigenvalue weighted by Crippen LogP contribution is 2.11. The highest BCUT2D eigenvalue weighted by molar-refractivity contribution is 7.09. The molecule has 1 aliphatic heterocycles. The summed E-state index contributed by atoms with van der Waals surface area (Å²) in [7, 11) is 0. The Morgan fingerprint density at radius 2 is 2.41 bits per heavy atom. The molecule has 94 valence electrons. The lowest BCUT2D eigenvalue weighted by molar-refractivity contribution is -0.129. The SMILES string of the molecule is CC(=O)N1CCN(Cc2nccs2)CC(O)C1. The monoisotopic (exact) mass is 255 g/mol. The van der Waals surface area contributed by atoms with Gasteiger partial charge in [0.25, 0.3) is 0 Å². The number of amides is 1. The van der Waals surface area contributed by atoms with Gasteiger partial charge in [0.2, 0.25) is 5.91 Å². The summed E-state index contributed by atoms with van der Waals surface area (Å²) in [6, 6.07) is 0. The van der Waals surface area contributed by atoms with Crippen molar-refractivity contribution < 1.29 is 9.90 Å². The molecule has 6 heteroatoms. The summed E-state index contributed by atoms with van der Waals surface area (Å²) in [5.74, 6) is 0.0279. The van der Waals surface area contributed by atoms with Gasteiger partial charge < -0.3 is 10.0 Å². The number of aliphatic hydroxyl groups is 1. The van der Waals surface area contributed by atoms with Gasteiger partial charge in [-0.2, -0.15) is 0 Å². The third-order valence-electron chi connectivity index (χ3n) is 2.87. The van der Waals surface area contributed by atoms with Crippen molar-refractivity contribution in [3.63, 3.8) is 0 Å². The molecule has 1 unspecified atom stereocenters. The van der Waals surface area contributed by atoms with Crippen LogP contribution < -0.4 is 0 Å². The molecule has 1 saturated heterocycles. The minimum atomic E-state index is -0.471. The Hall–Kier alpha value is -0.980. The molecule has 0 radical (unpaired) electrons. The Morgan fingerprint density at radius 1 is 1.59 bits per heavy atom. The van der Waals surface area contributed by atoms with Crippen LogP contribution in [-0.2, 0) is 11.3 Å². The van der Waals surface area contributed by atoms with Gasteiger partial charge in [0.05, 0.1) is 12.6 Å². The lowest BCUT2D eigenvalue weighted by Crippen LogP contribution is -2.36. The van der Waals surface area contributed by atoms with Crippen LogP contribution in [0, 0.1) is 0 Å². The maximum absolute atomic E-state index is 11.3. The smallest absolute Gasteiger partial charge is 0.219 e. The van der Waals surface area contributed by atoms with Crippen LogP contribution in [0.5, 0.6) is 0 Å². The van der Waals surface area contributed by atoms with Gasteiger partial charge in [-0.25, -0.2) is 4.98 Å². The van der Waals surface area contributed by atoms with E-state index in [9.17, 15) is 9.90 Å². The van der Waals surface area contributed by atoms with Crippen molar-refractivity contribution >= 4 is 17.2 Å². The average Bonchev–Trinajstić information content (AvgIpc) is 2.68. The quantitative estimate of drug-likeness (QED) is 0.818. The van der Waals surface area contributed by atoms with Crippen LogP contribution in [0.1, 0.15) is 11.9 Å². The standard InChI is InChI=1S/C11H17N3O2S/c1-9(15)14-4-3-13(6-10(16)7-14)8-11-12-2-5-17-11/h2,5,10,16H,3-4,6-8H2,1H3. The molecule has 0 aromatic carbocycles. The molecule has 1 atom stereocenters. The molecule has 0 bridgehead atoms. The summed E-state index contributed by atoms with van der Waals surface area (Å²) in [6.07, 6.45) is 1.32. The molecule has 1 fully saturated rings. The minimum absolute atomic E-state index is 0.0279. The normalized spacial score (nSPS) is 22.5. The Balaban J connectivity index is 1.94. The van der Waals surface area contributed by atoms with E-state index >= 15 is 0 Å². The van der Waals surface area contributed by atoms with Crippen molar-refractivity contribution in [2.75, 3.05) is 26.2 Å². The number of aliphatic hydroxyl groups excluding tert-OH is 1. The molecule has 2 heterocycles. The van der Waals surface area contributed by atoms with Crippen LogP contribution >= 0.6 is 11.3 Å². The molecule has 1 N–H and O–H groups in total. The van der Waals surface area contributed by atoms with Crippen LogP contribution in [0.4, 0.5) is 0 Å². The zero-order chi connectivity index (χ0) is 12.3. The Labute approximate surface area is 105 Å². The van der Waals surface area contributed by atoms with Crippen LogP contribution in [0.25, 0.3) is 0 Å². The number of thiazole rings is 1. The number of carbonyl (C=O) groups is 1. The minimum Gasteiger partial charge on any atom is -0.390 e. The largest absolute Gasteiger partial charge is 0.390 e. The fourth-order valence-electron chi connectivity index (χ4n) is 2.01. The predicted octanol–water partition coefficient (Wildman–Crippen LogP) is 0.168. The molecule has 1 amide bonds. The molecule has 1 aromatic rings. The topological polar surface area (TPSA) is 56.7 Å². The van der Waals surface area contributed by atoms with Crippen molar-refractivity contribution in [3.05, 3.63) is 16.6 Å². The van der Waals surface area contributed by atoms with Gasteiger partial charge in [-0.15, -0.1) is 11.3 Å². The summed E-state index contributed by atoms with van der Waals surface area (Å²) in [4.78, 5) is 19.4. The van der Waals surface area contributed by atoms with Crippen LogP contribution in [-0.4, -0.2) is 58.1 Å². The summed E-state index contributed by atoms with van der Waals surface area (Å²) >= 11 is 1.62.